The quantitative estimate of drug-likeness (QED) is 0.363. The molecule has 0 saturated carbocycles. The summed E-state index contributed by atoms with van der Waals surface area (Å²) in [6.45, 7) is 9.67. The van der Waals surface area contributed by atoms with Crippen LogP contribution in [0.5, 0.6) is 0 Å². The third-order valence-electron chi connectivity index (χ3n) is 3.40. The minimum atomic E-state index is -0.362. The number of hydrogen-bond donors (Lipinski definition) is 2. The summed E-state index contributed by atoms with van der Waals surface area (Å²) in [5, 5.41) is 11.0. The lowest BCUT2D eigenvalue weighted by atomic mass is 10.3. The van der Waals surface area contributed by atoms with Gasteiger partial charge in [0.1, 0.15) is 22.9 Å². The number of nitrogens with one attached hydrogen (secondary N) is 2. The molecule has 0 atom stereocenters. The van der Waals surface area contributed by atoms with Crippen molar-refractivity contribution < 1.29 is 4.79 Å². The second-order valence-electron chi connectivity index (χ2n) is 6.11. The van der Waals surface area contributed by atoms with Crippen LogP contribution in [-0.2, 0) is 0 Å². The largest absolute Gasteiger partial charge is 0.295 e. The van der Waals surface area contributed by atoms with Gasteiger partial charge in [0.2, 0.25) is 5.13 Å². The monoisotopic (exact) mass is 457 g/mol. The van der Waals surface area contributed by atoms with Crippen LogP contribution in [0.2, 0.25) is 0 Å². The molecule has 0 aromatic carbocycles. The van der Waals surface area contributed by atoms with E-state index in [0.29, 0.717) is 26.0 Å². The van der Waals surface area contributed by atoms with Crippen molar-refractivity contribution in [3.63, 3.8) is 0 Å². The summed E-state index contributed by atoms with van der Waals surface area (Å²) >= 11 is 3.82. The van der Waals surface area contributed by atoms with Gasteiger partial charge in [-0.3, -0.25) is 15.2 Å². The Morgan fingerprint density at radius 3 is 2.73 bits per heavy atom. The molecule has 0 unspecified atom stereocenters. The number of carbonyl (C=O) groups excluding carboxylic acids is 1. The maximum atomic E-state index is 13.0. The van der Waals surface area contributed by atoms with E-state index in [1.807, 2.05) is 38.1 Å². The zero-order valence-corrected chi connectivity index (χ0v) is 19.0. The molecule has 1 amide bonds. The predicted octanol–water partition coefficient (Wildman–Crippen LogP) is 4.89. The first-order valence-electron chi connectivity index (χ1n) is 8.76. The third kappa shape index (κ3) is 6.12. The minimum Gasteiger partial charge on any atom is -0.295 e. The normalized spacial score (nSPS) is 11.2. The van der Waals surface area contributed by atoms with Crippen LogP contribution in [0.3, 0.4) is 0 Å². The van der Waals surface area contributed by atoms with E-state index >= 15 is 0 Å². The van der Waals surface area contributed by atoms with Crippen LogP contribution in [-0.4, -0.2) is 35.4 Å². The lowest BCUT2D eigenvalue weighted by Gasteiger charge is -2.10. The SMILES string of the molecule is C=C/C(=C\C=C(C)C)Sc1ccc(Sc2ncn[nH]2)nc1C(=O)Nc1nc(C)ns1. The molecule has 30 heavy (non-hydrogen) atoms. The van der Waals surface area contributed by atoms with Gasteiger partial charge in [-0.1, -0.05) is 36.1 Å². The second kappa shape index (κ2) is 10.3. The highest BCUT2D eigenvalue weighted by Crippen LogP contribution is 2.33. The Hall–Kier alpha value is -2.76. The van der Waals surface area contributed by atoms with Gasteiger partial charge >= 0.3 is 0 Å². The zero-order valence-electron chi connectivity index (χ0n) is 16.5. The minimum absolute atomic E-state index is 0.280. The van der Waals surface area contributed by atoms with Crippen molar-refractivity contribution in [1.82, 2.24) is 29.5 Å². The second-order valence-corrected chi connectivity index (χ2v) is 8.99. The standard InChI is InChI=1S/C19H19N7OS3/c1-5-13(7-6-11(2)3)28-14-8-9-15(29-18-20-10-21-25-18)23-16(14)17(27)24-19-22-12(4)26-30-19/h5-10H,1H2,2-4H3,(H,20,21,25)(H,22,24,26,27)/b13-7+. The van der Waals surface area contributed by atoms with Gasteiger partial charge in [0.15, 0.2) is 5.16 Å². The molecule has 3 heterocycles. The molecule has 0 bridgehead atoms. The Balaban J connectivity index is 1.93. The topological polar surface area (TPSA) is 109 Å². The van der Waals surface area contributed by atoms with E-state index in [0.717, 1.165) is 22.0 Å². The molecule has 3 rings (SSSR count). The summed E-state index contributed by atoms with van der Waals surface area (Å²) in [6, 6.07) is 3.69. The Kier molecular flexibility index (Phi) is 7.55. The number of aromatic amines is 1. The van der Waals surface area contributed by atoms with Crippen molar-refractivity contribution in [2.45, 2.75) is 35.8 Å². The maximum Gasteiger partial charge on any atom is 0.277 e. The number of anilines is 1. The van der Waals surface area contributed by atoms with Gasteiger partial charge in [-0.2, -0.15) is 9.47 Å². The Morgan fingerprint density at radius 1 is 1.27 bits per heavy atom. The third-order valence-corrected chi connectivity index (χ3v) is 6.04. The van der Waals surface area contributed by atoms with E-state index in [2.05, 4.69) is 41.4 Å². The number of aryl methyl sites for hydroxylation is 1. The lowest BCUT2D eigenvalue weighted by molar-refractivity contribution is 0.101. The summed E-state index contributed by atoms with van der Waals surface area (Å²) in [6.07, 6.45) is 7.12. The van der Waals surface area contributed by atoms with Crippen LogP contribution in [0.15, 0.2) is 68.8 Å². The predicted molar refractivity (Wildman–Crippen MR) is 121 cm³/mol. The number of aromatic nitrogens is 6. The molecule has 11 heteroatoms. The van der Waals surface area contributed by atoms with E-state index in [1.165, 1.54) is 29.9 Å². The molecule has 0 aliphatic rings. The van der Waals surface area contributed by atoms with E-state index < -0.39 is 0 Å². The fourth-order valence-corrected chi connectivity index (χ4v) is 4.18. The molecule has 154 valence electrons. The first kappa shape index (κ1) is 21.9. The van der Waals surface area contributed by atoms with Crippen LogP contribution < -0.4 is 5.32 Å². The summed E-state index contributed by atoms with van der Waals surface area (Å²) in [4.78, 5) is 27.4. The molecule has 0 fully saturated rings. The van der Waals surface area contributed by atoms with Gasteiger partial charge in [-0.25, -0.2) is 15.0 Å². The molecular weight excluding hydrogens is 438 g/mol. The summed E-state index contributed by atoms with van der Waals surface area (Å²) in [7, 11) is 0. The number of hydrogen-bond acceptors (Lipinski definition) is 9. The number of thioether (sulfide) groups is 1. The van der Waals surface area contributed by atoms with Crippen molar-refractivity contribution >= 4 is 46.1 Å². The van der Waals surface area contributed by atoms with Crippen LogP contribution in [0.4, 0.5) is 5.13 Å². The number of nitrogens with zero attached hydrogens (tertiary/aromatic N) is 5. The van der Waals surface area contributed by atoms with Crippen molar-refractivity contribution in [2.75, 3.05) is 5.32 Å². The molecular formula is C19H19N7OS3. The summed E-state index contributed by atoms with van der Waals surface area (Å²) < 4.78 is 4.09. The average molecular weight is 458 g/mol. The maximum absolute atomic E-state index is 13.0. The van der Waals surface area contributed by atoms with Crippen molar-refractivity contribution in [3.8, 4) is 0 Å². The number of amides is 1. The summed E-state index contributed by atoms with van der Waals surface area (Å²) in [5.74, 6) is 0.241. The zero-order chi connectivity index (χ0) is 21.5. The fraction of sp³-hybridized carbons (Fsp3) is 0.158. The number of pyridine rings is 1. The number of rotatable bonds is 8. The first-order valence-corrected chi connectivity index (χ1v) is 11.2. The molecule has 3 aromatic rings. The van der Waals surface area contributed by atoms with E-state index in [1.54, 1.807) is 13.0 Å². The molecule has 2 N–H and O–H groups in total. The van der Waals surface area contributed by atoms with E-state index in [-0.39, 0.29) is 11.6 Å². The van der Waals surface area contributed by atoms with Gasteiger partial charge in [0, 0.05) is 21.3 Å². The molecule has 0 radical (unpaired) electrons. The average Bonchev–Trinajstić information content (AvgIpc) is 3.37. The number of H-pyrrole nitrogens is 1. The highest BCUT2D eigenvalue weighted by atomic mass is 32.2. The highest BCUT2D eigenvalue weighted by Gasteiger charge is 2.18. The highest BCUT2D eigenvalue weighted by molar-refractivity contribution is 8.03. The van der Waals surface area contributed by atoms with Crippen molar-refractivity contribution in [1.29, 1.82) is 0 Å². The fourth-order valence-electron chi connectivity index (χ4n) is 2.10. The molecule has 3 aromatic heterocycles. The van der Waals surface area contributed by atoms with Gasteiger partial charge in [0.25, 0.3) is 5.91 Å². The first-order chi connectivity index (χ1) is 14.4. The molecule has 0 saturated heterocycles. The lowest BCUT2D eigenvalue weighted by Crippen LogP contribution is -2.15. The van der Waals surface area contributed by atoms with Gasteiger partial charge in [-0.05, 0) is 50.7 Å². The van der Waals surface area contributed by atoms with E-state index in [9.17, 15) is 4.79 Å². The van der Waals surface area contributed by atoms with Crippen LogP contribution in [0.25, 0.3) is 0 Å². The molecule has 0 spiro atoms. The molecule has 0 aliphatic carbocycles. The van der Waals surface area contributed by atoms with Crippen LogP contribution in [0, 0.1) is 6.92 Å². The van der Waals surface area contributed by atoms with Crippen molar-refractivity contribution in [3.05, 3.63) is 65.3 Å². The van der Waals surface area contributed by atoms with E-state index in [4.69, 9.17) is 0 Å². The van der Waals surface area contributed by atoms with Gasteiger partial charge in [-0.15, -0.1) is 0 Å². The molecule has 8 nitrogen and oxygen atoms in total. The van der Waals surface area contributed by atoms with Crippen molar-refractivity contribution in [2.24, 2.45) is 0 Å². The molecule has 0 aliphatic heterocycles. The van der Waals surface area contributed by atoms with Crippen LogP contribution >= 0.6 is 35.1 Å². The Labute approximate surface area is 186 Å². The number of carbonyl (C=O) groups is 1. The van der Waals surface area contributed by atoms with Crippen LogP contribution in [0.1, 0.15) is 30.2 Å². The number of allylic oxidation sites excluding steroid dienone is 4. The smallest absolute Gasteiger partial charge is 0.277 e. The Bertz CT molecular complexity index is 1100. The van der Waals surface area contributed by atoms with Gasteiger partial charge in [0.05, 0.1) is 0 Å². The Morgan fingerprint density at radius 2 is 2.10 bits per heavy atom. The summed E-state index contributed by atoms with van der Waals surface area (Å²) in [5.41, 5.74) is 1.44. The van der Waals surface area contributed by atoms with Gasteiger partial charge < -0.3 is 0 Å².